The van der Waals surface area contributed by atoms with Crippen molar-refractivity contribution in [1.82, 2.24) is 10.3 Å². The summed E-state index contributed by atoms with van der Waals surface area (Å²) in [6.07, 6.45) is 5.90. The van der Waals surface area contributed by atoms with Gasteiger partial charge in [-0.15, -0.1) is 21.2 Å². The van der Waals surface area contributed by atoms with Crippen molar-refractivity contribution in [3.8, 4) is 0 Å². The monoisotopic (exact) mass is 453 g/mol. The van der Waals surface area contributed by atoms with Crippen LogP contribution >= 0.6 is 20.0 Å². The molecular formula is C22H31FN2O3PS+. The predicted molar refractivity (Wildman–Crippen MR) is 120 cm³/mol. The first-order valence-corrected chi connectivity index (χ1v) is 12.3. The summed E-state index contributed by atoms with van der Waals surface area (Å²) in [6.45, 7) is 6.06. The third kappa shape index (κ3) is 9.63. The third-order valence-electron chi connectivity index (χ3n) is 4.89. The molecule has 1 unspecified atom stereocenters. The first-order valence-electron chi connectivity index (χ1n) is 10.2. The van der Waals surface area contributed by atoms with Crippen LogP contribution in [0.1, 0.15) is 50.8 Å². The van der Waals surface area contributed by atoms with E-state index in [1.165, 1.54) is 17.7 Å². The second-order valence-electron chi connectivity index (χ2n) is 7.78. The number of nitrogens with one attached hydrogen (secondary N) is 1. The van der Waals surface area contributed by atoms with Gasteiger partial charge in [-0.2, -0.15) is 0 Å². The molecule has 5 nitrogen and oxygen atoms in total. The Hall–Kier alpha value is -1.37. The Kier molecular flexibility index (Phi) is 10.9. The average molecular weight is 454 g/mol. The topological polar surface area (TPSA) is 71.5 Å². The van der Waals surface area contributed by atoms with Crippen LogP contribution in [0.2, 0.25) is 0 Å². The Morgan fingerprint density at radius 2 is 1.93 bits per heavy atom. The Morgan fingerprint density at radius 1 is 1.17 bits per heavy atom. The summed E-state index contributed by atoms with van der Waals surface area (Å²) in [4.78, 5) is 14.2. The van der Waals surface area contributed by atoms with Gasteiger partial charge in [0.25, 0.3) is 0 Å². The van der Waals surface area contributed by atoms with E-state index in [1.54, 1.807) is 0 Å². The van der Waals surface area contributed by atoms with Crippen molar-refractivity contribution in [3.63, 3.8) is 0 Å². The molecule has 1 aromatic heterocycles. The maximum absolute atomic E-state index is 13.1. The molecule has 30 heavy (non-hydrogen) atoms. The molecule has 0 fully saturated rings. The lowest BCUT2D eigenvalue weighted by Crippen LogP contribution is -2.17. The van der Waals surface area contributed by atoms with E-state index in [4.69, 9.17) is 4.89 Å². The number of hydrogen-bond donors (Lipinski definition) is 2. The SMILES string of the molecule is CC(C)(CCCCSc1ccc(CNCCCO[P+](=O)O)nc1)c1ccc(F)cc1. The standard InChI is InChI=1S/C22H30FN2O3PS/c1-22(2,18-6-8-19(23)9-7-18)12-3-4-15-30-21-11-10-20(25-17-21)16-24-13-5-14-28-29(26)27/h6-11,17,24H,3-5,12-16H2,1-2H3/p+1. The Bertz CT molecular complexity index is 773. The van der Waals surface area contributed by atoms with Crippen LogP contribution in [-0.4, -0.2) is 28.8 Å². The third-order valence-corrected chi connectivity index (χ3v) is 6.36. The largest absolute Gasteiger partial charge is 0.694 e. The molecule has 2 rings (SSSR count). The van der Waals surface area contributed by atoms with Crippen molar-refractivity contribution >= 4 is 20.0 Å². The summed E-state index contributed by atoms with van der Waals surface area (Å²) in [6, 6.07) is 11.0. The van der Waals surface area contributed by atoms with Crippen LogP contribution in [-0.2, 0) is 21.0 Å². The van der Waals surface area contributed by atoms with Crippen LogP contribution in [0.15, 0.2) is 47.5 Å². The van der Waals surface area contributed by atoms with E-state index in [9.17, 15) is 8.96 Å². The number of pyridine rings is 1. The van der Waals surface area contributed by atoms with E-state index in [0.29, 0.717) is 19.5 Å². The van der Waals surface area contributed by atoms with Gasteiger partial charge in [-0.25, -0.2) is 4.39 Å². The second kappa shape index (κ2) is 13.1. The zero-order valence-corrected chi connectivity index (χ0v) is 19.4. The molecule has 0 aliphatic carbocycles. The van der Waals surface area contributed by atoms with E-state index in [-0.39, 0.29) is 17.8 Å². The summed E-state index contributed by atoms with van der Waals surface area (Å²) >= 11 is 1.81. The van der Waals surface area contributed by atoms with Crippen LogP contribution in [0, 0.1) is 5.82 Å². The molecule has 2 aromatic rings. The fourth-order valence-electron chi connectivity index (χ4n) is 3.06. The van der Waals surface area contributed by atoms with E-state index in [1.807, 2.05) is 36.2 Å². The molecule has 2 N–H and O–H groups in total. The highest BCUT2D eigenvalue weighted by molar-refractivity contribution is 7.99. The minimum atomic E-state index is -2.50. The number of thioether (sulfide) groups is 1. The molecule has 0 amide bonds. The van der Waals surface area contributed by atoms with E-state index >= 15 is 0 Å². The van der Waals surface area contributed by atoms with Gasteiger partial charge in [-0.1, -0.05) is 32.4 Å². The highest BCUT2D eigenvalue weighted by atomic mass is 32.2. The average Bonchev–Trinajstić information content (AvgIpc) is 2.71. The van der Waals surface area contributed by atoms with Gasteiger partial charge in [0.05, 0.1) is 5.69 Å². The van der Waals surface area contributed by atoms with E-state index in [0.717, 1.165) is 35.6 Å². The molecule has 0 bridgehead atoms. The molecule has 0 aliphatic heterocycles. The molecule has 0 saturated heterocycles. The highest BCUT2D eigenvalue weighted by Crippen LogP contribution is 2.30. The van der Waals surface area contributed by atoms with E-state index < -0.39 is 8.25 Å². The van der Waals surface area contributed by atoms with Gasteiger partial charge in [-0.05, 0) is 66.8 Å². The molecule has 1 aromatic carbocycles. The summed E-state index contributed by atoms with van der Waals surface area (Å²) in [5.41, 5.74) is 2.20. The second-order valence-corrected chi connectivity index (χ2v) is 9.69. The van der Waals surface area contributed by atoms with Crippen LogP contribution in [0.3, 0.4) is 0 Å². The molecule has 1 atom stereocenters. The lowest BCUT2D eigenvalue weighted by Gasteiger charge is -2.25. The number of halogens is 1. The van der Waals surface area contributed by atoms with Crippen molar-refractivity contribution in [2.45, 2.75) is 56.4 Å². The number of hydrogen-bond acceptors (Lipinski definition) is 5. The van der Waals surface area contributed by atoms with Gasteiger partial charge in [0.2, 0.25) is 0 Å². The fourth-order valence-corrected chi connectivity index (χ4v) is 4.22. The number of rotatable bonds is 14. The van der Waals surface area contributed by atoms with Gasteiger partial charge >= 0.3 is 8.25 Å². The molecule has 8 heteroatoms. The normalized spacial score (nSPS) is 12.2. The molecule has 0 radical (unpaired) electrons. The lowest BCUT2D eigenvalue weighted by molar-refractivity contribution is 0.276. The number of unbranched alkanes of at least 4 members (excludes halogenated alkanes) is 1. The molecule has 164 valence electrons. The van der Waals surface area contributed by atoms with Gasteiger partial charge in [0.1, 0.15) is 12.4 Å². The van der Waals surface area contributed by atoms with Crippen LogP contribution in [0.5, 0.6) is 0 Å². The molecule has 0 aliphatic rings. The maximum Gasteiger partial charge on any atom is 0.694 e. The zero-order valence-electron chi connectivity index (χ0n) is 17.6. The summed E-state index contributed by atoms with van der Waals surface area (Å²) < 4.78 is 28.1. The smallest absolute Gasteiger partial charge is 0.311 e. The molecule has 0 spiro atoms. The van der Waals surface area contributed by atoms with Crippen molar-refractivity contribution in [2.75, 3.05) is 18.9 Å². The van der Waals surface area contributed by atoms with Crippen molar-refractivity contribution in [3.05, 3.63) is 59.7 Å². The molecule has 1 heterocycles. The summed E-state index contributed by atoms with van der Waals surface area (Å²) in [7, 11) is -2.50. The molecule has 0 saturated carbocycles. The first kappa shape index (κ1) is 24.9. The number of nitrogens with zero attached hydrogens (tertiary/aromatic N) is 1. The zero-order chi connectivity index (χ0) is 21.8. The highest BCUT2D eigenvalue weighted by Gasteiger charge is 2.19. The Balaban J connectivity index is 1.60. The Morgan fingerprint density at radius 3 is 2.60 bits per heavy atom. The predicted octanol–water partition coefficient (Wildman–Crippen LogP) is 5.61. The minimum Gasteiger partial charge on any atom is -0.311 e. The summed E-state index contributed by atoms with van der Waals surface area (Å²) in [5.74, 6) is 0.861. The van der Waals surface area contributed by atoms with Gasteiger partial charge in [0, 0.05) is 22.2 Å². The first-order chi connectivity index (χ1) is 14.4. The van der Waals surface area contributed by atoms with Crippen LogP contribution < -0.4 is 5.32 Å². The van der Waals surface area contributed by atoms with E-state index in [2.05, 4.69) is 34.7 Å². The Labute approximate surface area is 183 Å². The van der Waals surface area contributed by atoms with Gasteiger partial charge < -0.3 is 5.32 Å². The van der Waals surface area contributed by atoms with Crippen molar-refractivity contribution in [2.24, 2.45) is 0 Å². The van der Waals surface area contributed by atoms with Gasteiger partial charge in [0.15, 0.2) is 0 Å². The minimum absolute atomic E-state index is 0.0520. The number of benzene rings is 1. The van der Waals surface area contributed by atoms with Crippen LogP contribution in [0.4, 0.5) is 4.39 Å². The summed E-state index contributed by atoms with van der Waals surface area (Å²) in [5, 5.41) is 3.24. The van der Waals surface area contributed by atoms with Crippen molar-refractivity contribution in [1.29, 1.82) is 0 Å². The van der Waals surface area contributed by atoms with Crippen molar-refractivity contribution < 1.29 is 18.4 Å². The van der Waals surface area contributed by atoms with Crippen LogP contribution in [0.25, 0.3) is 0 Å². The fraction of sp³-hybridized carbons (Fsp3) is 0.500. The maximum atomic E-state index is 13.1. The van der Waals surface area contributed by atoms with Gasteiger partial charge in [-0.3, -0.25) is 4.98 Å². The lowest BCUT2D eigenvalue weighted by atomic mass is 9.80. The number of aromatic nitrogens is 1. The molecular weight excluding hydrogens is 422 g/mol. The quantitative estimate of drug-likeness (QED) is 0.220.